The lowest BCUT2D eigenvalue weighted by Gasteiger charge is -2.13. The molecule has 1 amide bonds. The summed E-state index contributed by atoms with van der Waals surface area (Å²) in [5, 5.41) is 3.64. The van der Waals surface area contributed by atoms with Crippen LogP contribution in [0, 0.1) is 12.7 Å². The Balaban J connectivity index is 1.62. The van der Waals surface area contributed by atoms with Crippen LogP contribution < -0.4 is 10.9 Å². The van der Waals surface area contributed by atoms with E-state index < -0.39 is 0 Å². The van der Waals surface area contributed by atoms with Gasteiger partial charge in [0.2, 0.25) is 5.91 Å². The normalized spacial score (nSPS) is 10.9. The van der Waals surface area contributed by atoms with Crippen LogP contribution in [-0.4, -0.2) is 26.2 Å². The van der Waals surface area contributed by atoms with Gasteiger partial charge in [-0.15, -0.1) is 0 Å². The minimum atomic E-state index is -0.348. The molecule has 4 rings (SSSR count). The maximum absolute atomic E-state index is 13.3. The number of pyridine rings is 1. The number of fused-ring (bicyclic) bond motifs is 1. The van der Waals surface area contributed by atoms with Crippen LogP contribution in [0.25, 0.3) is 11.0 Å². The number of thioether (sulfide) groups is 1. The van der Waals surface area contributed by atoms with Gasteiger partial charge in [0.25, 0.3) is 5.56 Å². The molecular formula is C23H19FN4O2S. The molecule has 2 aromatic carbocycles. The van der Waals surface area contributed by atoms with Gasteiger partial charge >= 0.3 is 0 Å². The number of aryl methyl sites for hydroxylation is 1. The molecule has 0 aliphatic carbocycles. The Bertz CT molecular complexity index is 1310. The second-order valence-electron chi connectivity index (χ2n) is 6.94. The Morgan fingerprint density at radius 2 is 1.87 bits per heavy atom. The van der Waals surface area contributed by atoms with Gasteiger partial charge in [0.15, 0.2) is 10.8 Å². The molecule has 0 aliphatic heterocycles. The van der Waals surface area contributed by atoms with Crippen molar-refractivity contribution in [1.29, 1.82) is 0 Å². The molecule has 0 atom stereocenters. The topological polar surface area (TPSA) is 76.9 Å². The Morgan fingerprint density at radius 1 is 1.10 bits per heavy atom. The van der Waals surface area contributed by atoms with Gasteiger partial charge in [-0.25, -0.2) is 14.4 Å². The Morgan fingerprint density at radius 3 is 2.65 bits per heavy atom. The van der Waals surface area contributed by atoms with Crippen molar-refractivity contribution in [1.82, 2.24) is 14.5 Å². The zero-order valence-corrected chi connectivity index (χ0v) is 17.5. The zero-order chi connectivity index (χ0) is 21.8. The van der Waals surface area contributed by atoms with Gasteiger partial charge in [-0.1, -0.05) is 42.1 Å². The number of anilines is 1. The third-order valence-corrected chi connectivity index (χ3v) is 5.68. The first kappa shape index (κ1) is 20.7. The summed E-state index contributed by atoms with van der Waals surface area (Å²) in [5.41, 5.74) is 2.51. The number of halogens is 1. The minimum Gasteiger partial charge on any atom is -0.325 e. The van der Waals surface area contributed by atoms with Gasteiger partial charge in [0.05, 0.1) is 17.7 Å². The zero-order valence-electron chi connectivity index (χ0n) is 16.7. The molecule has 0 radical (unpaired) electrons. The standard InChI is InChI=1S/C23H19FN4O2S/c1-15-5-2-3-7-19(15)26-20(29)14-31-23-27-21-18(6-4-12-25-21)22(30)28(23)13-16-8-10-17(24)11-9-16/h2-12H,13-14H2,1H3,(H,26,29). The molecule has 0 saturated heterocycles. The first-order chi connectivity index (χ1) is 15.0. The molecule has 0 aliphatic rings. The number of para-hydroxylation sites is 1. The van der Waals surface area contributed by atoms with E-state index in [1.54, 1.807) is 30.5 Å². The lowest BCUT2D eigenvalue weighted by atomic mass is 10.2. The number of benzene rings is 2. The largest absolute Gasteiger partial charge is 0.325 e. The van der Waals surface area contributed by atoms with Crippen LogP contribution in [0.4, 0.5) is 10.1 Å². The van der Waals surface area contributed by atoms with E-state index in [1.165, 1.54) is 16.7 Å². The molecule has 2 aromatic heterocycles. The molecule has 0 fully saturated rings. The van der Waals surface area contributed by atoms with E-state index in [2.05, 4.69) is 15.3 Å². The number of rotatable bonds is 6. The quantitative estimate of drug-likeness (QED) is 0.366. The number of amides is 1. The monoisotopic (exact) mass is 434 g/mol. The SMILES string of the molecule is Cc1ccccc1NC(=O)CSc1nc2ncccc2c(=O)n1Cc1ccc(F)cc1. The molecule has 0 unspecified atom stereocenters. The number of nitrogens with zero attached hydrogens (tertiary/aromatic N) is 3. The highest BCUT2D eigenvalue weighted by Gasteiger charge is 2.15. The highest BCUT2D eigenvalue weighted by Crippen LogP contribution is 2.20. The molecular weight excluding hydrogens is 415 g/mol. The van der Waals surface area contributed by atoms with Crippen molar-refractivity contribution >= 4 is 34.4 Å². The van der Waals surface area contributed by atoms with Gasteiger partial charge in [-0.3, -0.25) is 14.2 Å². The summed E-state index contributed by atoms with van der Waals surface area (Å²) < 4.78 is 14.8. The fourth-order valence-corrected chi connectivity index (χ4v) is 3.87. The first-order valence-corrected chi connectivity index (χ1v) is 10.6. The van der Waals surface area contributed by atoms with Crippen LogP contribution in [0.5, 0.6) is 0 Å². The second kappa shape index (κ2) is 9.09. The molecule has 4 aromatic rings. The fourth-order valence-electron chi connectivity index (χ4n) is 3.09. The van der Waals surface area contributed by atoms with Gasteiger partial charge < -0.3 is 5.32 Å². The first-order valence-electron chi connectivity index (χ1n) is 9.59. The molecule has 31 heavy (non-hydrogen) atoms. The summed E-state index contributed by atoms with van der Waals surface area (Å²) in [7, 11) is 0. The van der Waals surface area contributed by atoms with Gasteiger partial charge in [0.1, 0.15) is 5.82 Å². The molecule has 156 valence electrons. The van der Waals surface area contributed by atoms with Crippen molar-refractivity contribution in [3.8, 4) is 0 Å². The highest BCUT2D eigenvalue weighted by molar-refractivity contribution is 7.99. The minimum absolute atomic E-state index is 0.0720. The summed E-state index contributed by atoms with van der Waals surface area (Å²) >= 11 is 1.16. The third-order valence-electron chi connectivity index (χ3n) is 4.70. The van der Waals surface area contributed by atoms with Gasteiger partial charge in [-0.05, 0) is 48.4 Å². The maximum Gasteiger partial charge on any atom is 0.263 e. The summed E-state index contributed by atoms with van der Waals surface area (Å²) in [5.74, 6) is -0.481. The Labute approximate surface area is 182 Å². The van der Waals surface area contributed by atoms with Crippen LogP contribution in [0.2, 0.25) is 0 Å². The third kappa shape index (κ3) is 4.80. The number of nitrogens with one attached hydrogen (secondary N) is 1. The molecule has 1 N–H and O–H groups in total. The molecule has 2 heterocycles. The average Bonchev–Trinajstić information content (AvgIpc) is 2.77. The van der Waals surface area contributed by atoms with Gasteiger partial charge in [0, 0.05) is 11.9 Å². The number of aromatic nitrogens is 3. The Hall–Kier alpha value is -3.52. The van der Waals surface area contributed by atoms with Crippen molar-refractivity contribution in [2.24, 2.45) is 0 Å². The molecule has 0 spiro atoms. The van der Waals surface area contributed by atoms with Crippen molar-refractivity contribution in [2.45, 2.75) is 18.6 Å². The lowest BCUT2D eigenvalue weighted by Crippen LogP contribution is -2.25. The number of hydrogen-bond acceptors (Lipinski definition) is 5. The molecule has 8 heteroatoms. The van der Waals surface area contributed by atoms with E-state index in [-0.39, 0.29) is 29.6 Å². The van der Waals surface area contributed by atoms with Crippen LogP contribution in [0.1, 0.15) is 11.1 Å². The summed E-state index contributed by atoms with van der Waals surface area (Å²) in [4.78, 5) is 34.3. The van der Waals surface area contributed by atoms with Gasteiger partial charge in [-0.2, -0.15) is 0 Å². The Kier molecular flexibility index (Phi) is 6.08. The van der Waals surface area contributed by atoms with Crippen molar-refractivity contribution < 1.29 is 9.18 Å². The van der Waals surface area contributed by atoms with E-state index in [4.69, 9.17) is 0 Å². The smallest absolute Gasteiger partial charge is 0.263 e. The van der Waals surface area contributed by atoms with Crippen LogP contribution in [0.15, 0.2) is 76.8 Å². The van der Waals surface area contributed by atoms with E-state index in [1.807, 2.05) is 31.2 Å². The van der Waals surface area contributed by atoms with Crippen LogP contribution in [0.3, 0.4) is 0 Å². The molecule has 0 bridgehead atoms. The number of carbonyl (C=O) groups is 1. The van der Waals surface area contributed by atoms with E-state index >= 15 is 0 Å². The number of hydrogen-bond donors (Lipinski definition) is 1. The molecule has 6 nitrogen and oxygen atoms in total. The fraction of sp³-hybridized carbons (Fsp3) is 0.130. The number of carbonyl (C=O) groups excluding carboxylic acids is 1. The maximum atomic E-state index is 13.3. The highest BCUT2D eigenvalue weighted by atomic mass is 32.2. The van der Waals surface area contributed by atoms with Crippen molar-refractivity contribution in [2.75, 3.05) is 11.1 Å². The summed E-state index contributed by atoms with van der Waals surface area (Å²) in [6.07, 6.45) is 1.57. The predicted molar refractivity (Wildman–Crippen MR) is 120 cm³/mol. The predicted octanol–water partition coefficient (Wildman–Crippen LogP) is 4.02. The molecule has 0 saturated carbocycles. The lowest BCUT2D eigenvalue weighted by molar-refractivity contribution is -0.113. The van der Waals surface area contributed by atoms with E-state index in [0.717, 1.165) is 28.6 Å². The van der Waals surface area contributed by atoms with Crippen molar-refractivity contribution in [3.63, 3.8) is 0 Å². The van der Waals surface area contributed by atoms with Crippen molar-refractivity contribution in [3.05, 3.63) is 94.2 Å². The van der Waals surface area contributed by atoms with Crippen LogP contribution in [-0.2, 0) is 11.3 Å². The van der Waals surface area contributed by atoms with E-state index in [9.17, 15) is 14.0 Å². The van der Waals surface area contributed by atoms with Crippen LogP contribution >= 0.6 is 11.8 Å². The summed E-state index contributed by atoms with van der Waals surface area (Å²) in [6.45, 7) is 2.12. The van der Waals surface area contributed by atoms with E-state index in [0.29, 0.717) is 16.2 Å². The second-order valence-corrected chi connectivity index (χ2v) is 7.88. The summed E-state index contributed by atoms with van der Waals surface area (Å²) in [6, 6.07) is 16.8. The average molecular weight is 434 g/mol.